The average Bonchev–Trinajstić information content (AvgIpc) is 2.38. The van der Waals surface area contributed by atoms with E-state index in [1.54, 1.807) is 18.2 Å². The average molecular weight is 298 g/mol. The Morgan fingerprint density at radius 2 is 2.00 bits per heavy atom. The lowest BCUT2D eigenvalue weighted by molar-refractivity contribution is 0.102. The zero-order valence-electron chi connectivity index (χ0n) is 9.79. The van der Waals surface area contributed by atoms with E-state index in [0.717, 1.165) is 11.6 Å². The number of halogens is 3. The summed E-state index contributed by atoms with van der Waals surface area (Å²) in [4.78, 5) is 12.0. The van der Waals surface area contributed by atoms with Gasteiger partial charge in [-0.05, 0) is 35.9 Å². The fourth-order valence-corrected chi connectivity index (χ4v) is 2.02. The molecule has 0 heterocycles. The van der Waals surface area contributed by atoms with Crippen molar-refractivity contribution in [3.63, 3.8) is 0 Å². The van der Waals surface area contributed by atoms with Gasteiger partial charge in [0, 0.05) is 11.6 Å². The molecule has 2 aromatic rings. The minimum absolute atomic E-state index is 0.0750. The summed E-state index contributed by atoms with van der Waals surface area (Å²) in [7, 11) is 0. The highest BCUT2D eigenvalue weighted by molar-refractivity contribution is 6.34. The van der Waals surface area contributed by atoms with Crippen LogP contribution in [0.25, 0.3) is 0 Å². The highest BCUT2D eigenvalue weighted by atomic mass is 35.5. The summed E-state index contributed by atoms with van der Waals surface area (Å²) in [5, 5.41) is 2.76. The number of carbonyl (C=O) groups is 1. The van der Waals surface area contributed by atoms with Crippen molar-refractivity contribution in [1.82, 2.24) is 0 Å². The van der Waals surface area contributed by atoms with E-state index in [4.69, 9.17) is 23.2 Å². The Bertz CT molecular complexity index is 616. The summed E-state index contributed by atoms with van der Waals surface area (Å²) in [5.74, 6) is -0.511. The molecule has 0 aromatic heterocycles. The Labute approximate surface area is 120 Å². The van der Waals surface area contributed by atoms with Crippen molar-refractivity contribution in [2.45, 2.75) is 5.88 Å². The monoisotopic (exact) mass is 297 g/mol. The fraction of sp³-hybridized carbons (Fsp3) is 0.0714. The summed E-state index contributed by atoms with van der Waals surface area (Å²) in [6.07, 6.45) is 0. The van der Waals surface area contributed by atoms with E-state index in [-0.39, 0.29) is 10.6 Å². The molecule has 0 aliphatic carbocycles. The maximum absolute atomic E-state index is 12.9. The number of benzene rings is 2. The van der Waals surface area contributed by atoms with Gasteiger partial charge in [0.2, 0.25) is 0 Å². The molecule has 2 rings (SSSR count). The molecule has 0 saturated heterocycles. The normalized spacial score (nSPS) is 10.3. The number of hydrogen-bond acceptors (Lipinski definition) is 1. The molecule has 0 saturated carbocycles. The van der Waals surface area contributed by atoms with Crippen LogP contribution in [-0.4, -0.2) is 5.91 Å². The molecule has 0 bridgehead atoms. The van der Waals surface area contributed by atoms with Gasteiger partial charge in [-0.15, -0.1) is 11.6 Å². The molecule has 0 spiro atoms. The van der Waals surface area contributed by atoms with Gasteiger partial charge in [-0.3, -0.25) is 4.79 Å². The van der Waals surface area contributed by atoms with Crippen molar-refractivity contribution < 1.29 is 9.18 Å². The maximum atomic E-state index is 12.9. The first-order valence-electron chi connectivity index (χ1n) is 5.51. The summed E-state index contributed by atoms with van der Waals surface area (Å²) in [6, 6.07) is 10.8. The highest BCUT2D eigenvalue weighted by Crippen LogP contribution is 2.19. The quantitative estimate of drug-likeness (QED) is 0.832. The largest absolute Gasteiger partial charge is 0.322 e. The molecule has 0 aliphatic heterocycles. The van der Waals surface area contributed by atoms with Crippen molar-refractivity contribution in [2.24, 2.45) is 0 Å². The third-order valence-electron chi connectivity index (χ3n) is 2.51. The van der Waals surface area contributed by atoms with Gasteiger partial charge in [-0.1, -0.05) is 23.7 Å². The van der Waals surface area contributed by atoms with Crippen molar-refractivity contribution in [3.8, 4) is 0 Å². The van der Waals surface area contributed by atoms with E-state index < -0.39 is 11.7 Å². The summed E-state index contributed by atoms with van der Waals surface area (Å²) < 4.78 is 12.9. The van der Waals surface area contributed by atoms with Crippen LogP contribution in [0, 0.1) is 5.82 Å². The van der Waals surface area contributed by atoms with Gasteiger partial charge < -0.3 is 5.32 Å². The third-order valence-corrected chi connectivity index (χ3v) is 3.14. The van der Waals surface area contributed by atoms with E-state index >= 15 is 0 Å². The highest BCUT2D eigenvalue weighted by Gasteiger charge is 2.11. The van der Waals surface area contributed by atoms with E-state index in [1.807, 2.05) is 6.07 Å². The van der Waals surface area contributed by atoms with Crippen LogP contribution in [0.15, 0.2) is 42.5 Å². The SMILES string of the molecule is O=C(Nc1cccc(CCl)c1)c1ccc(F)cc1Cl. The number of nitrogens with one attached hydrogen (secondary N) is 1. The Morgan fingerprint density at radius 3 is 2.68 bits per heavy atom. The molecule has 5 heteroatoms. The van der Waals surface area contributed by atoms with Gasteiger partial charge in [0.05, 0.1) is 10.6 Å². The van der Waals surface area contributed by atoms with Crippen LogP contribution >= 0.6 is 23.2 Å². The van der Waals surface area contributed by atoms with Crippen molar-refractivity contribution >= 4 is 34.8 Å². The predicted molar refractivity (Wildman–Crippen MR) is 75.4 cm³/mol. The molecule has 0 atom stereocenters. The minimum atomic E-state index is -0.481. The number of hydrogen-bond donors (Lipinski definition) is 1. The summed E-state index contributed by atoms with van der Waals surface area (Å²) in [6.45, 7) is 0. The minimum Gasteiger partial charge on any atom is -0.322 e. The zero-order chi connectivity index (χ0) is 13.8. The van der Waals surface area contributed by atoms with E-state index in [2.05, 4.69) is 5.32 Å². The molecule has 19 heavy (non-hydrogen) atoms. The molecule has 98 valence electrons. The van der Waals surface area contributed by atoms with Crippen LogP contribution in [0.5, 0.6) is 0 Å². The number of anilines is 1. The van der Waals surface area contributed by atoms with Crippen LogP contribution in [-0.2, 0) is 5.88 Å². The molecule has 0 fully saturated rings. The molecule has 0 unspecified atom stereocenters. The van der Waals surface area contributed by atoms with Crippen molar-refractivity contribution in [3.05, 3.63) is 64.4 Å². The predicted octanol–water partition coefficient (Wildman–Crippen LogP) is 4.47. The lowest BCUT2D eigenvalue weighted by Crippen LogP contribution is -2.12. The molecule has 1 amide bonds. The summed E-state index contributed by atoms with van der Waals surface area (Å²) in [5.41, 5.74) is 1.73. The molecular formula is C14H10Cl2FNO. The number of carbonyl (C=O) groups excluding carboxylic acids is 1. The second-order valence-electron chi connectivity index (χ2n) is 3.91. The van der Waals surface area contributed by atoms with Crippen LogP contribution in [0.2, 0.25) is 5.02 Å². The zero-order valence-corrected chi connectivity index (χ0v) is 11.3. The Hall–Kier alpha value is -1.58. The van der Waals surface area contributed by atoms with Gasteiger partial charge in [0.25, 0.3) is 5.91 Å². The van der Waals surface area contributed by atoms with Crippen LogP contribution in [0.1, 0.15) is 15.9 Å². The van der Waals surface area contributed by atoms with Crippen LogP contribution < -0.4 is 5.32 Å². The molecule has 1 N–H and O–H groups in total. The van der Waals surface area contributed by atoms with Gasteiger partial charge in [0.15, 0.2) is 0 Å². The fourth-order valence-electron chi connectivity index (χ4n) is 1.60. The van der Waals surface area contributed by atoms with Gasteiger partial charge in [-0.2, -0.15) is 0 Å². The van der Waals surface area contributed by atoms with E-state index in [9.17, 15) is 9.18 Å². The standard InChI is InChI=1S/C14H10Cl2FNO/c15-8-9-2-1-3-11(6-9)18-14(19)12-5-4-10(17)7-13(12)16/h1-7H,8H2,(H,18,19). The van der Waals surface area contributed by atoms with Crippen LogP contribution in [0.3, 0.4) is 0 Å². The molecule has 0 radical (unpaired) electrons. The number of rotatable bonds is 3. The van der Waals surface area contributed by atoms with E-state index in [0.29, 0.717) is 11.6 Å². The Balaban J connectivity index is 2.20. The third kappa shape index (κ3) is 3.46. The molecule has 2 aromatic carbocycles. The Kier molecular flexibility index (Phi) is 4.40. The van der Waals surface area contributed by atoms with Gasteiger partial charge in [-0.25, -0.2) is 4.39 Å². The van der Waals surface area contributed by atoms with Gasteiger partial charge in [0.1, 0.15) is 5.82 Å². The topological polar surface area (TPSA) is 29.1 Å². The first-order valence-corrected chi connectivity index (χ1v) is 6.42. The molecular weight excluding hydrogens is 288 g/mol. The molecule has 2 nitrogen and oxygen atoms in total. The lowest BCUT2D eigenvalue weighted by atomic mass is 10.2. The summed E-state index contributed by atoms with van der Waals surface area (Å²) >= 11 is 11.5. The first kappa shape index (κ1) is 13.8. The van der Waals surface area contributed by atoms with Crippen molar-refractivity contribution in [2.75, 3.05) is 5.32 Å². The van der Waals surface area contributed by atoms with Gasteiger partial charge >= 0.3 is 0 Å². The molecule has 0 aliphatic rings. The Morgan fingerprint density at radius 1 is 1.21 bits per heavy atom. The van der Waals surface area contributed by atoms with E-state index in [1.165, 1.54) is 12.1 Å². The lowest BCUT2D eigenvalue weighted by Gasteiger charge is -2.07. The first-order chi connectivity index (χ1) is 9.10. The maximum Gasteiger partial charge on any atom is 0.257 e. The smallest absolute Gasteiger partial charge is 0.257 e. The van der Waals surface area contributed by atoms with Crippen molar-refractivity contribution in [1.29, 1.82) is 0 Å². The number of amides is 1. The second kappa shape index (κ2) is 6.04. The second-order valence-corrected chi connectivity index (χ2v) is 4.59. The number of alkyl halides is 1. The van der Waals surface area contributed by atoms with Crippen LogP contribution in [0.4, 0.5) is 10.1 Å².